The number of sulfone groups is 1. The third kappa shape index (κ3) is 3.76. The molecule has 2 aromatic carbocycles. The fourth-order valence-corrected chi connectivity index (χ4v) is 3.38. The molecule has 21 heavy (non-hydrogen) atoms. The fourth-order valence-electron chi connectivity index (χ4n) is 2.00. The summed E-state index contributed by atoms with van der Waals surface area (Å²) in [5.74, 6) is 0.832. The summed E-state index contributed by atoms with van der Waals surface area (Å²) in [6.07, 6.45) is 0.468. The number of rotatable bonds is 5. The highest BCUT2D eigenvalue weighted by Crippen LogP contribution is 2.19. The molecule has 5 heteroatoms. The second-order valence-electron chi connectivity index (χ2n) is 4.94. The van der Waals surface area contributed by atoms with Gasteiger partial charge in [0, 0.05) is 5.69 Å². The van der Waals surface area contributed by atoms with Crippen LogP contribution in [0.4, 0.5) is 5.69 Å². The molecule has 0 heterocycles. The lowest BCUT2D eigenvalue weighted by molar-refractivity contribution is 0.414. The first-order valence-electron chi connectivity index (χ1n) is 6.64. The minimum Gasteiger partial charge on any atom is -0.497 e. The van der Waals surface area contributed by atoms with E-state index in [-0.39, 0.29) is 5.75 Å². The largest absolute Gasteiger partial charge is 0.497 e. The molecule has 4 nitrogen and oxygen atoms in total. The Morgan fingerprint density at radius 3 is 2.33 bits per heavy atom. The van der Waals surface area contributed by atoms with Crippen LogP contribution >= 0.6 is 0 Å². The molecule has 0 aliphatic heterocycles. The van der Waals surface area contributed by atoms with E-state index in [1.165, 1.54) is 0 Å². The Labute approximate surface area is 125 Å². The van der Waals surface area contributed by atoms with Gasteiger partial charge in [-0.3, -0.25) is 0 Å². The minimum atomic E-state index is -3.30. The van der Waals surface area contributed by atoms with Gasteiger partial charge in [0.25, 0.3) is 0 Å². The number of benzene rings is 2. The molecule has 0 aliphatic carbocycles. The molecule has 0 aromatic heterocycles. The van der Waals surface area contributed by atoms with Gasteiger partial charge < -0.3 is 10.5 Å². The molecule has 0 bridgehead atoms. The smallest absolute Gasteiger partial charge is 0.178 e. The predicted octanol–water partition coefficient (Wildman–Crippen LogP) is 2.60. The second-order valence-corrected chi connectivity index (χ2v) is 7.04. The third-order valence-electron chi connectivity index (χ3n) is 3.42. The van der Waals surface area contributed by atoms with Crippen molar-refractivity contribution in [3.05, 3.63) is 53.6 Å². The Kier molecular flexibility index (Phi) is 4.53. The summed E-state index contributed by atoms with van der Waals surface area (Å²) in [6.45, 7) is 1.80. The van der Waals surface area contributed by atoms with Gasteiger partial charge in [-0.2, -0.15) is 0 Å². The molecule has 2 rings (SSSR count). The number of nitrogens with two attached hydrogens (primary N) is 1. The average molecular weight is 305 g/mol. The van der Waals surface area contributed by atoms with Crippen molar-refractivity contribution in [3.8, 4) is 5.75 Å². The van der Waals surface area contributed by atoms with Crippen LogP contribution in [0.3, 0.4) is 0 Å². The Bertz CT molecular complexity index is 722. The van der Waals surface area contributed by atoms with Gasteiger partial charge in [0.15, 0.2) is 9.84 Å². The van der Waals surface area contributed by atoms with Gasteiger partial charge in [0.1, 0.15) is 5.75 Å². The Hall–Kier alpha value is -2.01. The molecule has 0 fully saturated rings. The van der Waals surface area contributed by atoms with E-state index in [0.717, 1.165) is 16.9 Å². The van der Waals surface area contributed by atoms with Gasteiger partial charge >= 0.3 is 0 Å². The molecular weight excluding hydrogens is 286 g/mol. The van der Waals surface area contributed by atoms with E-state index in [1.54, 1.807) is 32.2 Å². The molecule has 0 atom stereocenters. The maximum Gasteiger partial charge on any atom is 0.178 e. The molecule has 0 unspecified atom stereocenters. The number of ether oxygens (including phenoxy) is 1. The Balaban J connectivity index is 2.11. The van der Waals surface area contributed by atoms with Crippen molar-refractivity contribution in [2.45, 2.75) is 18.2 Å². The number of hydrogen-bond acceptors (Lipinski definition) is 4. The Morgan fingerprint density at radius 2 is 1.76 bits per heavy atom. The maximum atomic E-state index is 12.3. The summed E-state index contributed by atoms with van der Waals surface area (Å²) in [6, 6.07) is 12.2. The summed E-state index contributed by atoms with van der Waals surface area (Å²) >= 11 is 0. The van der Waals surface area contributed by atoms with Crippen molar-refractivity contribution in [2.75, 3.05) is 18.6 Å². The van der Waals surface area contributed by atoms with Gasteiger partial charge in [-0.15, -0.1) is 0 Å². The third-order valence-corrected chi connectivity index (χ3v) is 5.13. The zero-order valence-corrected chi connectivity index (χ0v) is 13.0. The van der Waals surface area contributed by atoms with Crippen molar-refractivity contribution < 1.29 is 13.2 Å². The second kappa shape index (κ2) is 6.18. The zero-order chi connectivity index (χ0) is 15.5. The number of nitrogen functional groups attached to an aromatic ring is 1. The normalized spacial score (nSPS) is 11.3. The maximum absolute atomic E-state index is 12.3. The molecule has 0 amide bonds. The van der Waals surface area contributed by atoms with Crippen molar-refractivity contribution in [1.29, 1.82) is 0 Å². The standard InChI is InChI=1S/C16H19NO3S/c1-12-11-15(7-8-16(12)17)21(18,19)10-9-13-3-5-14(20-2)6-4-13/h3-8,11H,9-10,17H2,1-2H3. The monoisotopic (exact) mass is 305 g/mol. The van der Waals surface area contributed by atoms with Crippen LogP contribution in [0.5, 0.6) is 5.75 Å². The van der Waals surface area contributed by atoms with E-state index in [9.17, 15) is 8.42 Å². The molecule has 0 spiro atoms. The highest BCUT2D eigenvalue weighted by Gasteiger charge is 2.15. The van der Waals surface area contributed by atoms with Gasteiger partial charge in [-0.1, -0.05) is 12.1 Å². The van der Waals surface area contributed by atoms with Gasteiger partial charge in [0.05, 0.1) is 17.8 Å². The molecule has 2 N–H and O–H groups in total. The molecular formula is C16H19NO3S. The summed E-state index contributed by atoms with van der Waals surface area (Å²) in [5.41, 5.74) is 8.06. The summed E-state index contributed by atoms with van der Waals surface area (Å²) in [5, 5.41) is 0. The lowest BCUT2D eigenvalue weighted by Gasteiger charge is -2.07. The number of hydrogen-bond donors (Lipinski definition) is 1. The van der Waals surface area contributed by atoms with E-state index in [1.807, 2.05) is 24.3 Å². The lowest BCUT2D eigenvalue weighted by Crippen LogP contribution is -2.10. The molecule has 0 saturated carbocycles. The molecule has 0 aliphatic rings. The SMILES string of the molecule is COc1ccc(CCS(=O)(=O)c2ccc(N)c(C)c2)cc1. The van der Waals surface area contributed by atoms with Crippen molar-refractivity contribution >= 4 is 15.5 Å². The molecule has 0 saturated heterocycles. The molecule has 2 aromatic rings. The van der Waals surface area contributed by atoms with E-state index in [0.29, 0.717) is 17.0 Å². The zero-order valence-electron chi connectivity index (χ0n) is 12.2. The summed E-state index contributed by atoms with van der Waals surface area (Å²) in [7, 11) is -1.70. The average Bonchev–Trinajstić information content (AvgIpc) is 2.48. The van der Waals surface area contributed by atoms with Crippen LogP contribution in [0.15, 0.2) is 47.4 Å². The van der Waals surface area contributed by atoms with Crippen molar-refractivity contribution in [2.24, 2.45) is 0 Å². The highest BCUT2D eigenvalue weighted by atomic mass is 32.2. The van der Waals surface area contributed by atoms with Crippen molar-refractivity contribution in [3.63, 3.8) is 0 Å². The summed E-state index contributed by atoms with van der Waals surface area (Å²) < 4.78 is 29.7. The van der Waals surface area contributed by atoms with Gasteiger partial charge in [-0.25, -0.2) is 8.42 Å². The van der Waals surface area contributed by atoms with E-state index < -0.39 is 9.84 Å². The van der Waals surface area contributed by atoms with E-state index in [4.69, 9.17) is 10.5 Å². The van der Waals surface area contributed by atoms with E-state index >= 15 is 0 Å². The highest BCUT2D eigenvalue weighted by molar-refractivity contribution is 7.91. The first kappa shape index (κ1) is 15.4. The Morgan fingerprint density at radius 1 is 1.10 bits per heavy atom. The van der Waals surface area contributed by atoms with Crippen LogP contribution < -0.4 is 10.5 Å². The minimum absolute atomic E-state index is 0.0721. The van der Waals surface area contributed by atoms with Crippen LogP contribution in [0, 0.1) is 6.92 Å². The quantitative estimate of drug-likeness (QED) is 0.862. The molecule has 112 valence electrons. The lowest BCUT2D eigenvalue weighted by atomic mass is 10.2. The summed E-state index contributed by atoms with van der Waals surface area (Å²) in [4.78, 5) is 0.322. The first-order valence-corrected chi connectivity index (χ1v) is 8.29. The fraction of sp³-hybridized carbons (Fsp3) is 0.250. The van der Waals surface area contributed by atoms with Crippen LogP contribution in [0.1, 0.15) is 11.1 Å². The van der Waals surface area contributed by atoms with Gasteiger partial charge in [0.2, 0.25) is 0 Å². The van der Waals surface area contributed by atoms with Crippen LogP contribution in [-0.2, 0) is 16.3 Å². The number of methoxy groups -OCH3 is 1. The van der Waals surface area contributed by atoms with Crippen molar-refractivity contribution in [1.82, 2.24) is 0 Å². The van der Waals surface area contributed by atoms with E-state index in [2.05, 4.69) is 0 Å². The first-order chi connectivity index (χ1) is 9.92. The number of aryl methyl sites for hydroxylation is 2. The van der Waals surface area contributed by atoms with Crippen LogP contribution in [-0.4, -0.2) is 21.3 Å². The topological polar surface area (TPSA) is 69.4 Å². The van der Waals surface area contributed by atoms with Gasteiger partial charge in [-0.05, 0) is 54.8 Å². The van der Waals surface area contributed by atoms with Crippen LogP contribution in [0.25, 0.3) is 0 Å². The predicted molar refractivity (Wildman–Crippen MR) is 84.3 cm³/mol. The molecule has 0 radical (unpaired) electrons. The van der Waals surface area contributed by atoms with Crippen LogP contribution in [0.2, 0.25) is 0 Å². The number of anilines is 1.